The Morgan fingerprint density at radius 1 is 1.14 bits per heavy atom. The molecule has 0 bridgehead atoms. The summed E-state index contributed by atoms with van der Waals surface area (Å²) in [5.41, 5.74) is 11.7. The SMILES string of the molecule is COc1c(C)cc(C2(c3cccc(Cl)c3)NC(N)c3nccnc32)cc1C1CC1. The highest BCUT2D eigenvalue weighted by atomic mass is 35.5. The first-order valence-electron chi connectivity index (χ1n) is 9.84. The zero-order chi connectivity index (χ0) is 20.2. The van der Waals surface area contributed by atoms with Gasteiger partial charge in [0, 0.05) is 17.4 Å². The van der Waals surface area contributed by atoms with Crippen molar-refractivity contribution in [2.45, 2.75) is 37.4 Å². The predicted molar refractivity (Wildman–Crippen MR) is 113 cm³/mol. The monoisotopic (exact) mass is 406 g/mol. The van der Waals surface area contributed by atoms with Gasteiger partial charge >= 0.3 is 0 Å². The van der Waals surface area contributed by atoms with Crippen molar-refractivity contribution < 1.29 is 4.74 Å². The summed E-state index contributed by atoms with van der Waals surface area (Å²) in [4.78, 5) is 9.26. The molecule has 5 rings (SSSR count). The van der Waals surface area contributed by atoms with E-state index in [4.69, 9.17) is 27.1 Å². The van der Waals surface area contributed by atoms with E-state index in [0.29, 0.717) is 10.9 Å². The highest BCUT2D eigenvalue weighted by molar-refractivity contribution is 6.30. The van der Waals surface area contributed by atoms with Crippen LogP contribution in [-0.4, -0.2) is 17.1 Å². The van der Waals surface area contributed by atoms with Gasteiger partial charge < -0.3 is 10.5 Å². The van der Waals surface area contributed by atoms with E-state index in [9.17, 15) is 0 Å². The number of methoxy groups -OCH3 is 1. The summed E-state index contributed by atoms with van der Waals surface area (Å²) >= 11 is 6.39. The first kappa shape index (κ1) is 18.6. The zero-order valence-electron chi connectivity index (χ0n) is 16.4. The van der Waals surface area contributed by atoms with Crippen LogP contribution < -0.4 is 15.8 Å². The van der Waals surface area contributed by atoms with Crippen LogP contribution in [0.15, 0.2) is 48.8 Å². The number of aromatic nitrogens is 2. The summed E-state index contributed by atoms with van der Waals surface area (Å²) < 4.78 is 5.75. The van der Waals surface area contributed by atoms with Crippen molar-refractivity contribution in [2.24, 2.45) is 5.73 Å². The molecule has 0 spiro atoms. The van der Waals surface area contributed by atoms with Crippen LogP contribution in [0, 0.1) is 6.92 Å². The van der Waals surface area contributed by atoms with Gasteiger partial charge in [0.1, 0.15) is 17.5 Å². The van der Waals surface area contributed by atoms with Gasteiger partial charge in [-0.15, -0.1) is 0 Å². The molecule has 1 aliphatic carbocycles. The van der Waals surface area contributed by atoms with Crippen LogP contribution in [0.5, 0.6) is 5.75 Å². The lowest BCUT2D eigenvalue weighted by Gasteiger charge is -2.33. The summed E-state index contributed by atoms with van der Waals surface area (Å²) in [5.74, 6) is 1.51. The van der Waals surface area contributed by atoms with E-state index in [2.05, 4.69) is 35.4 Å². The van der Waals surface area contributed by atoms with Crippen molar-refractivity contribution in [2.75, 3.05) is 7.11 Å². The van der Waals surface area contributed by atoms with Gasteiger partial charge in [-0.3, -0.25) is 15.3 Å². The number of fused-ring (bicyclic) bond motifs is 1. The minimum absolute atomic E-state index is 0.426. The molecule has 29 heavy (non-hydrogen) atoms. The average Bonchev–Trinajstić information content (AvgIpc) is 3.52. The number of hydrogen-bond donors (Lipinski definition) is 2. The van der Waals surface area contributed by atoms with Crippen LogP contribution in [0.3, 0.4) is 0 Å². The normalized spacial score (nSPS) is 23.1. The third-order valence-electron chi connectivity index (χ3n) is 5.96. The highest BCUT2D eigenvalue weighted by Gasteiger charge is 2.48. The van der Waals surface area contributed by atoms with E-state index in [1.54, 1.807) is 19.5 Å². The van der Waals surface area contributed by atoms with Gasteiger partial charge in [0.15, 0.2) is 0 Å². The molecule has 1 aromatic heterocycles. The minimum atomic E-state index is -0.728. The number of benzene rings is 2. The fourth-order valence-corrected chi connectivity index (χ4v) is 4.75. The molecule has 2 aromatic carbocycles. The van der Waals surface area contributed by atoms with Crippen LogP contribution in [-0.2, 0) is 5.54 Å². The number of nitrogens with zero attached hydrogens (tertiary/aromatic N) is 2. The van der Waals surface area contributed by atoms with Crippen molar-refractivity contribution in [3.8, 4) is 5.75 Å². The number of hydrogen-bond acceptors (Lipinski definition) is 5. The molecule has 1 saturated carbocycles. The maximum absolute atomic E-state index is 6.47. The number of ether oxygens (including phenoxy) is 1. The molecule has 0 saturated heterocycles. The summed E-state index contributed by atoms with van der Waals surface area (Å²) in [5, 5.41) is 4.27. The molecular weight excluding hydrogens is 384 g/mol. The lowest BCUT2D eigenvalue weighted by atomic mass is 9.79. The number of rotatable bonds is 4. The predicted octanol–water partition coefficient (Wildman–Crippen LogP) is 4.18. The molecule has 1 fully saturated rings. The Morgan fingerprint density at radius 2 is 1.93 bits per heavy atom. The van der Waals surface area contributed by atoms with Gasteiger partial charge in [-0.25, -0.2) is 0 Å². The van der Waals surface area contributed by atoms with Crippen LogP contribution in [0.1, 0.15) is 58.6 Å². The van der Waals surface area contributed by atoms with Crippen molar-refractivity contribution in [1.82, 2.24) is 15.3 Å². The van der Waals surface area contributed by atoms with Crippen molar-refractivity contribution >= 4 is 11.6 Å². The largest absolute Gasteiger partial charge is 0.496 e. The average molecular weight is 407 g/mol. The minimum Gasteiger partial charge on any atom is -0.496 e. The molecule has 2 heterocycles. The number of nitrogens with two attached hydrogens (primary N) is 1. The lowest BCUT2D eigenvalue weighted by molar-refractivity contribution is 0.404. The molecule has 2 aliphatic rings. The molecule has 1 aliphatic heterocycles. The van der Waals surface area contributed by atoms with E-state index in [0.717, 1.165) is 33.8 Å². The maximum atomic E-state index is 6.47. The lowest BCUT2D eigenvalue weighted by Crippen LogP contribution is -2.43. The van der Waals surface area contributed by atoms with Crippen LogP contribution in [0.2, 0.25) is 5.02 Å². The summed E-state index contributed by atoms with van der Waals surface area (Å²) in [6.07, 6.45) is 5.35. The third-order valence-corrected chi connectivity index (χ3v) is 6.20. The second-order valence-corrected chi connectivity index (χ2v) is 8.30. The fraction of sp³-hybridized carbons (Fsp3) is 0.304. The number of aryl methyl sites for hydroxylation is 1. The molecule has 6 heteroatoms. The van der Waals surface area contributed by atoms with Crippen molar-refractivity contribution in [3.05, 3.63) is 87.5 Å². The number of nitrogens with one attached hydrogen (secondary N) is 1. The Morgan fingerprint density at radius 3 is 2.66 bits per heavy atom. The van der Waals surface area contributed by atoms with Crippen LogP contribution in [0.25, 0.3) is 0 Å². The smallest absolute Gasteiger partial charge is 0.125 e. The maximum Gasteiger partial charge on any atom is 0.125 e. The van der Waals surface area contributed by atoms with Crippen LogP contribution >= 0.6 is 11.6 Å². The Labute approximate surface area is 175 Å². The van der Waals surface area contributed by atoms with Gasteiger partial charge in [-0.1, -0.05) is 23.7 Å². The van der Waals surface area contributed by atoms with Crippen molar-refractivity contribution in [3.63, 3.8) is 0 Å². The quantitative estimate of drug-likeness (QED) is 0.680. The van der Waals surface area contributed by atoms with Gasteiger partial charge in [-0.05, 0) is 72.2 Å². The Bertz CT molecular complexity index is 1100. The third kappa shape index (κ3) is 2.84. The molecule has 0 radical (unpaired) electrons. The highest BCUT2D eigenvalue weighted by Crippen LogP contribution is 2.50. The number of halogens is 1. The molecule has 3 aromatic rings. The summed E-state index contributed by atoms with van der Waals surface area (Å²) in [6, 6.07) is 12.3. The molecule has 2 atom stereocenters. The van der Waals surface area contributed by atoms with Gasteiger partial charge in [0.25, 0.3) is 0 Å². The van der Waals surface area contributed by atoms with E-state index in [1.165, 1.54) is 18.4 Å². The molecule has 3 N–H and O–H groups in total. The molecule has 5 nitrogen and oxygen atoms in total. The van der Waals surface area contributed by atoms with Gasteiger partial charge in [0.05, 0.1) is 18.5 Å². The Balaban J connectivity index is 1.82. The molecular formula is C23H23ClN4O. The fourth-order valence-electron chi connectivity index (χ4n) is 4.56. The molecule has 2 unspecified atom stereocenters. The topological polar surface area (TPSA) is 73.1 Å². The van der Waals surface area contributed by atoms with Crippen LogP contribution in [0.4, 0.5) is 0 Å². The first-order valence-corrected chi connectivity index (χ1v) is 10.2. The Kier molecular flexibility index (Phi) is 4.35. The zero-order valence-corrected chi connectivity index (χ0v) is 17.2. The van der Waals surface area contributed by atoms with E-state index in [-0.39, 0.29) is 0 Å². The molecule has 148 valence electrons. The summed E-state index contributed by atoms with van der Waals surface area (Å²) in [6.45, 7) is 2.09. The molecule has 0 amide bonds. The Hall–Kier alpha value is -2.47. The van der Waals surface area contributed by atoms with E-state index < -0.39 is 11.7 Å². The second kappa shape index (κ2) is 6.80. The van der Waals surface area contributed by atoms with Crippen molar-refractivity contribution in [1.29, 1.82) is 0 Å². The second-order valence-electron chi connectivity index (χ2n) is 7.86. The first-order chi connectivity index (χ1) is 14.0. The van der Waals surface area contributed by atoms with Gasteiger partial charge in [-0.2, -0.15) is 0 Å². The van der Waals surface area contributed by atoms with E-state index in [1.807, 2.05) is 18.2 Å². The van der Waals surface area contributed by atoms with Gasteiger partial charge in [0.2, 0.25) is 0 Å². The standard InChI is InChI=1S/C23H23ClN4O/c1-13-10-16(12-18(14-6-7-14)20(13)29-2)23(15-4-3-5-17(24)11-15)21-19(22(25)28-23)26-8-9-27-21/h3-5,8-12,14,22,28H,6-7,25H2,1-2H3. The van der Waals surface area contributed by atoms with E-state index >= 15 is 0 Å². The summed E-state index contributed by atoms with van der Waals surface area (Å²) in [7, 11) is 1.74.